The Labute approximate surface area is 326 Å². The predicted octanol–water partition coefficient (Wildman–Crippen LogP) is 11.7. The lowest BCUT2D eigenvalue weighted by atomic mass is 9.45. The molecule has 0 spiro atoms. The number of hydrogen-bond acceptors (Lipinski definition) is 3. The van der Waals surface area contributed by atoms with Crippen LogP contribution < -0.4 is 10.9 Å². The molecule has 10 rings (SSSR count). The van der Waals surface area contributed by atoms with Crippen molar-refractivity contribution >= 4 is 84.9 Å². The zero-order valence-electron chi connectivity index (χ0n) is 32.4. The van der Waals surface area contributed by atoms with E-state index >= 15 is 0 Å². The van der Waals surface area contributed by atoms with Crippen LogP contribution in [0.15, 0.2) is 101 Å². The van der Waals surface area contributed by atoms with Crippen molar-refractivity contribution in [3.63, 3.8) is 0 Å². The van der Waals surface area contributed by atoms with Crippen LogP contribution in [0.25, 0.3) is 71.6 Å². The van der Waals surface area contributed by atoms with E-state index in [9.17, 15) is 5.26 Å². The molecule has 264 valence electrons. The zero-order valence-corrected chi connectivity index (χ0v) is 34.0. The number of nitriles is 1. The molecule has 0 saturated heterocycles. The maximum atomic E-state index is 9.69. The minimum absolute atomic E-state index is 0.0105. The van der Waals surface area contributed by atoms with Crippen molar-refractivity contribution in [3.05, 3.63) is 113 Å². The predicted molar refractivity (Wildman–Crippen MR) is 235 cm³/mol. The summed E-state index contributed by atoms with van der Waals surface area (Å²) < 4.78 is 5.29. The van der Waals surface area contributed by atoms with Crippen LogP contribution in [0.5, 0.6) is 0 Å². The van der Waals surface area contributed by atoms with Gasteiger partial charge in [-0.1, -0.05) is 59.7 Å². The van der Waals surface area contributed by atoms with Crippen LogP contribution in [0, 0.1) is 18.3 Å². The Morgan fingerprint density at radius 1 is 0.630 bits per heavy atom. The van der Waals surface area contributed by atoms with Gasteiger partial charge >= 0.3 is 6.85 Å². The van der Waals surface area contributed by atoms with E-state index in [1.54, 1.807) is 11.8 Å². The number of hydrogen-bond donors (Lipinski definition) is 0. The van der Waals surface area contributed by atoms with Crippen molar-refractivity contribution < 1.29 is 0 Å². The van der Waals surface area contributed by atoms with Crippen molar-refractivity contribution in [2.24, 2.45) is 0 Å². The van der Waals surface area contributed by atoms with Gasteiger partial charge in [0, 0.05) is 53.6 Å². The van der Waals surface area contributed by atoms with Crippen LogP contribution >= 0.6 is 23.5 Å². The molecule has 2 aliphatic heterocycles. The smallest absolute Gasteiger partial charge is 0.333 e. The molecule has 0 aliphatic carbocycles. The maximum absolute atomic E-state index is 9.69. The van der Waals surface area contributed by atoms with Crippen LogP contribution in [0.2, 0.25) is 0 Å². The summed E-state index contributed by atoms with van der Waals surface area (Å²) in [7, 11) is 0. The molecule has 4 heterocycles. The fourth-order valence-corrected chi connectivity index (χ4v) is 10.3. The molecule has 0 unspecified atom stereocenters. The fourth-order valence-electron chi connectivity index (χ4n) is 9.42. The zero-order chi connectivity index (χ0) is 37.6. The highest BCUT2D eigenvalue weighted by Crippen LogP contribution is 2.48. The molecule has 6 heteroatoms. The Morgan fingerprint density at radius 2 is 1.28 bits per heavy atom. The number of thioether (sulfide) groups is 2. The second-order valence-electron chi connectivity index (χ2n) is 17.3. The highest BCUT2D eigenvalue weighted by molar-refractivity contribution is 7.98. The summed E-state index contributed by atoms with van der Waals surface area (Å²) in [6.45, 7) is 16.3. The van der Waals surface area contributed by atoms with Gasteiger partial charge in [-0.3, -0.25) is 0 Å². The molecule has 0 saturated carbocycles. The van der Waals surface area contributed by atoms with Crippen LogP contribution in [-0.4, -0.2) is 28.4 Å². The molecule has 3 nitrogen and oxygen atoms in total. The SMILES string of the molecule is CSc1ccc2c(c1)c1cc(SC)cc3c1n2-c1cc(-c2ccc(C#N)cc2)c(C)c2c1B3n1c3ccc(C(C)(C)C)cc3c3cc(C(C)(C)C)cc-2c31. The third-order valence-corrected chi connectivity index (χ3v) is 13.6. The number of rotatable bonds is 3. The molecule has 6 aromatic carbocycles. The normalized spacial score (nSPS) is 13.4. The van der Waals surface area contributed by atoms with E-state index < -0.39 is 0 Å². The summed E-state index contributed by atoms with van der Waals surface area (Å²) in [5, 5.41) is 15.0. The summed E-state index contributed by atoms with van der Waals surface area (Å²) in [5.74, 6) is 0. The second kappa shape index (κ2) is 11.4. The van der Waals surface area contributed by atoms with Crippen molar-refractivity contribution in [1.29, 1.82) is 5.26 Å². The minimum Gasteiger partial charge on any atom is -0.375 e. The minimum atomic E-state index is -0.0477. The number of nitrogens with zero attached hydrogens (tertiary/aromatic N) is 3. The third kappa shape index (κ3) is 4.52. The largest absolute Gasteiger partial charge is 0.375 e. The summed E-state index contributed by atoms with van der Waals surface area (Å²) in [5.41, 5.74) is 18.8. The van der Waals surface area contributed by atoms with Gasteiger partial charge in [0.05, 0.1) is 22.7 Å². The Hall–Kier alpha value is -4.83. The molecule has 0 N–H and O–H groups in total. The number of benzene rings is 6. The topological polar surface area (TPSA) is 33.6 Å². The molecule has 0 amide bonds. The van der Waals surface area contributed by atoms with Gasteiger partial charge in [-0.2, -0.15) is 5.26 Å². The van der Waals surface area contributed by atoms with Gasteiger partial charge in [-0.05, 0) is 147 Å². The first-order valence-electron chi connectivity index (χ1n) is 18.8. The Bertz CT molecular complexity index is 3000. The summed E-state index contributed by atoms with van der Waals surface area (Å²) >= 11 is 3.64. The Morgan fingerprint density at radius 3 is 1.96 bits per heavy atom. The van der Waals surface area contributed by atoms with E-state index in [0.29, 0.717) is 5.56 Å². The highest BCUT2D eigenvalue weighted by atomic mass is 32.2. The lowest BCUT2D eigenvalue weighted by Crippen LogP contribution is -2.55. The molecule has 8 aromatic rings. The summed E-state index contributed by atoms with van der Waals surface area (Å²) in [4.78, 5) is 2.56. The number of aromatic nitrogens is 2. The molecule has 0 bridgehead atoms. The van der Waals surface area contributed by atoms with Gasteiger partial charge < -0.3 is 9.05 Å². The van der Waals surface area contributed by atoms with E-state index in [0.717, 1.165) is 5.56 Å². The maximum Gasteiger partial charge on any atom is 0.333 e. The molecular formula is C48H42BN3S2. The monoisotopic (exact) mass is 735 g/mol. The molecule has 2 aliphatic rings. The fraction of sp³-hybridized carbons (Fsp3) is 0.229. The first kappa shape index (κ1) is 33.7. The van der Waals surface area contributed by atoms with Gasteiger partial charge in [0.2, 0.25) is 0 Å². The van der Waals surface area contributed by atoms with Crippen molar-refractivity contribution in [1.82, 2.24) is 9.05 Å². The van der Waals surface area contributed by atoms with Crippen molar-refractivity contribution in [2.75, 3.05) is 12.5 Å². The summed E-state index contributed by atoms with van der Waals surface area (Å²) in [6, 6.07) is 37.1. The average molecular weight is 736 g/mol. The van der Waals surface area contributed by atoms with Gasteiger partial charge in [0.25, 0.3) is 0 Å². The van der Waals surface area contributed by atoms with Crippen molar-refractivity contribution in [3.8, 4) is 34.0 Å². The van der Waals surface area contributed by atoms with Crippen LogP contribution in [0.4, 0.5) is 0 Å². The third-order valence-electron chi connectivity index (χ3n) is 12.2. The van der Waals surface area contributed by atoms with E-state index in [1.807, 2.05) is 23.9 Å². The van der Waals surface area contributed by atoms with Gasteiger partial charge in [0.1, 0.15) is 0 Å². The van der Waals surface area contributed by atoms with Crippen molar-refractivity contribution in [2.45, 2.75) is 69.1 Å². The standard InChI is InChI=1S/C48H42BN3S2/c1-26-33(28-12-10-27(25-50)11-13-28)24-42-44-43(26)38-20-30(48(5,6)7)19-36-34-18-29(47(2,3)4)14-16-41(34)52(45(36)38)49(44)39-23-32(54-9)22-37-35-21-31(53-8)15-17-40(35)51(42)46(37)39/h10-24H,1-9H3. The van der Waals surface area contributed by atoms with E-state index in [4.69, 9.17) is 0 Å². The summed E-state index contributed by atoms with van der Waals surface area (Å²) in [6.07, 6.45) is 4.37. The van der Waals surface area contributed by atoms with E-state index in [1.165, 1.54) is 103 Å². The van der Waals surface area contributed by atoms with E-state index in [2.05, 4.69) is 155 Å². The van der Waals surface area contributed by atoms with Gasteiger partial charge in [0.15, 0.2) is 0 Å². The van der Waals surface area contributed by atoms with Gasteiger partial charge in [-0.15, -0.1) is 23.5 Å². The lowest BCUT2D eigenvalue weighted by molar-refractivity contribution is 0.590. The quantitative estimate of drug-likeness (QED) is 0.134. The molecule has 0 atom stereocenters. The highest BCUT2D eigenvalue weighted by Gasteiger charge is 2.43. The lowest BCUT2D eigenvalue weighted by Gasteiger charge is -2.36. The Kier molecular flexibility index (Phi) is 7.09. The second-order valence-corrected chi connectivity index (χ2v) is 19.1. The molecule has 54 heavy (non-hydrogen) atoms. The molecule has 0 radical (unpaired) electrons. The molecule has 0 fully saturated rings. The first-order valence-corrected chi connectivity index (χ1v) is 21.3. The molecular weight excluding hydrogens is 693 g/mol. The average Bonchev–Trinajstić information content (AvgIpc) is 3.67. The van der Waals surface area contributed by atoms with Crippen LogP contribution in [-0.2, 0) is 10.8 Å². The molecule has 2 aromatic heterocycles. The van der Waals surface area contributed by atoms with Crippen LogP contribution in [0.3, 0.4) is 0 Å². The van der Waals surface area contributed by atoms with Crippen LogP contribution in [0.1, 0.15) is 63.8 Å². The first-order chi connectivity index (χ1) is 25.8. The number of fused-ring (bicyclic) bond motifs is 10. The Balaban J connectivity index is 1.46. The van der Waals surface area contributed by atoms with E-state index in [-0.39, 0.29) is 17.7 Å². The van der Waals surface area contributed by atoms with Gasteiger partial charge in [-0.25, -0.2) is 0 Å².